The molecule has 3 aromatic rings. The Hall–Kier alpha value is -2.87. The van der Waals surface area contributed by atoms with Crippen LogP contribution in [0.2, 0.25) is 0 Å². The molecule has 0 radical (unpaired) electrons. The van der Waals surface area contributed by atoms with Crippen LogP contribution >= 0.6 is 0 Å². The third-order valence-corrected chi connectivity index (χ3v) is 5.07. The SMILES string of the molecule is CC(C)Oc1nccc2[nH]nc(-c3cc(C4CN(C=O)CCO4)n(C(C)C)c3)c12. The van der Waals surface area contributed by atoms with Crippen molar-refractivity contribution in [1.29, 1.82) is 0 Å². The zero-order valence-electron chi connectivity index (χ0n) is 17.3. The van der Waals surface area contributed by atoms with Crippen LogP contribution in [0.15, 0.2) is 24.5 Å². The van der Waals surface area contributed by atoms with Crippen molar-refractivity contribution < 1.29 is 14.3 Å². The molecule has 29 heavy (non-hydrogen) atoms. The van der Waals surface area contributed by atoms with Crippen molar-refractivity contribution in [2.75, 3.05) is 19.7 Å². The number of carbonyl (C=O) groups excluding carboxylic acids is 1. The fourth-order valence-corrected chi connectivity index (χ4v) is 3.73. The zero-order valence-corrected chi connectivity index (χ0v) is 17.3. The summed E-state index contributed by atoms with van der Waals surface area (Å²) in [5.74, 6) is 0.571. The van der Waals surface area contributed by atoms with Gasteiger partial charge in [-0.05, 0) is 39.8 Å². The Bertz CT molecular complexity index is 1010. The molecule has 8 heteroatoms. The average Bonchev–Trinajstić information content (AvgIpc) is 3.32. The number of aromatic amines is 1. The van der Waals surface area contributed by atoms with Gasteiger partial charge in [0.2, 0.25) is 12.3 Å². The number of hydrogen-bond donors (Lipinski definition) is 1. The summed E-state index contributed by atoms with van der Waals surface area (Å²) in [6.45, 7) is 9.92. The summed E-state index contributed by atoms with van der Waals surface area (Å²) < 4.78 is 14.1. The number of nitrogens with one attached hydrogen (secondary N) is 1. The van der Waals surface area contributed by atoms with E-state index in [2.05, 4.69) is 45.9 Å². The number of morpholine rings is 1. The fourth-order valence-electron chi connectivity index (χ4n) is 3.73. The second kappa shape index (κ2) is 7.87. The second-order valence-electron chi connectivity index (χ2n) is 7.89. The normalized spacial score (nSPS) is 17.4. The van der Waals surface area contributed by atoms with Crippen molar-refractivity contribution in [1.82, 2.24) is 24.6 Å². The molecule has 1 saturated heterocycles. The van der Waals surface area contributed by atoms with Crippen molar-refractivity contribution in [3.05, 3.63) is 30.2 Å². The summed E-state index contributed by atoms with van der Waals surface area (Å²) in [6, 6.07) is 4.23. The van der Waals surface area contributed by atoms with E-state index in [1.165, 1.54) is 0 Å². The van der Waals surface area contributed by atoms with E-state index in [9.17, 15) is 4.79 Å². The van der Waals surface area contributed by atoms with E-state index in [0.717, 1.165) is 34.3 Å². The standard InChI is InChI=1S/C21H27N5O3/c1-13(2)26-10-15(9-17(26)18-11-25(12-27)7-8-28-18)20-19-16(23-24-20)5-6-22-21(19)29-14(3)4/h5-6,9-10,12-14,18H,7-8,11H2,1-4H3,(H,23,24). The van der Waals surface area contributed by atoms with Crippen LogP contribution in [-0.2, 0) is 9.53 Å². The number of nitrogens with zero attached hydrogens (tertiary/aromatic N) is 4. The van der Waals surface area contributed by atoms with Crippen LogP contribution in [0.4, 0.5) is 0 Å². The first-order valence-corrected chi connectivity index (χ1v) is 10.0. The highest BCUT2D eigenvalue weighted by molar-refractivity contribution is 5.96. The first kappa shape index (κ1) is 19.4. The number of carbonyl (C=O) groups is 1. The minimum absolute atomic E-state index is 0.0108. The number of pyridine rings is 1. The van der Waals surface area contributed by atoms with Crippen LogP contribution in [0, 0.1) is 0 Å². The van der Waals surface area contributed by atoms with Crippen molar-refractivity contribution in [3.63, 3.8) is 0 Å². The molecule has 4 rings (SSSR count). The number of rotatable bonds is 6. The van der Waals surface area contributed by atoms with Crippen LogP contribution in [0.1, 0.15) is 45.5 Å². The van der Waals surface area contributed by atoms with E-state index in [-0.39, 0.29) is 18.2 Å². The summed E-state index contributed by atoms with van der Waals surface area (Å²) in [4.78, 5) is 17.4. The molecule has 0 aliphatic carbocycles. The molecule has 0 spiro atoms. The predicted molar refractivity (Wildman–Crippen MR) is 110 cm³/mol. The van der Waals surface area contributed by atoms with Crippen molar-refractivity contribution >= 4 is 17.3 Å². The molecule has 1 aliphatic heterocycles. The molecule has 1 fully saturated rings. The summed E-state index contributed by atoms with van der Waals surface area (Å²) in [7, 11) is 0. The quantitative estimate of drug-likeness (QED) is 0.645. The molecule has 1 atom stereocenters. The molecular formula is C21H27N5O3. The van der Waals surface area contributed by atoms with Gasteiger partial charge in [-0.2, -0.15) is 5.10 Å². The van der Waals surface area contributed by atoms with E-state index in [1.54, 1.807) is 11.1 Å². The minimum Gasteiger partial charge on any atom is -0.474 e. The first-order chi connectivity index (χ1) is 14.0. The Morgan fingerprint density at radius 1 is 1.34 bits per heavy atom. The lowest BCUT2D eigenvalue weighted by Crippen LogP contribution is -2.38. The smallest absolute Gasteiger partial charge is 0.225 e. The van der Waals surface area contributed by atoms with Gasteiger partial charge in [0, 0.05) is 36.2 Å². The van der Waals surface area contributed by atoms with Gasteiger partial charge in [0.1, 0.15) is 11.8 Å². The molecule has 1 amide bonds. The molecule has 0 bridgehead atoms. The lowest BCUT2D eigenvalue weighted by atomic mass is 10.1. The first-order valence-electron chi connectivity index (χ1n) is 10.0. The fraction of sp³-hybridized carbons (Fsp3) is 0.476. The monoisotopic (exact) mass is 397 g/mol. The molecular weight excluding hydrogens is 370 g/mol. The van der Waals surface area contributed by atoms with Gasteiger partial charge in [-0.25, -0.2) is 4.98 Å². The summed E-state index contributed by atoms with van der Waals surface area (Å²) >= 11 is 0. The topological polar surface area (TPSA) is 85.3 Å². The van der Waals surface area contributed by atoms with Gasteiger partial charge < -0.3 is 18.9 Å². The van der Waals surface area contributed by atoms with Crippen molar-refractivity contribution in [3.8, 4) is 17.1 Å². The number of fused-ring (bicyclic) bond motifs is 1. The molecule has 0 aromatic carbocycles. The van der Waals surface area contributed by atoms with E-state index < -0.39 is 0 Å². The number of aromatic nitrogens is 4. The number of amides is 1. The highest BCUT2D eigenvalue weighted by Gasteiger charge is 2.26. The van der Waals surface area contributed by atoms with Gasteiger partial charge in [0.25, 0.3) is 0 Å². The lowest BCUT2D eigenvalue weighted by molar-refractivity contribution is -0.125. The molecule has 1 aliphatic rings. The highest BCUT2D eigenvalue weighted by Crippen LogP contribution is 2.36. The van der Waals surface area contributed by atoms with Gasteiger partial charge in [-0.1, -0.05) is 0 Å². The summed E-state index contributed by atoms with van der Waals surface area (Å²) in [5.41, 5.74) is 3.68. The average molecular weight is 397 g/mol. The minimum atomic E-state index is -0.167. The number of H-pyrrole nitrogens is 1. The maximum Gasteiger partial charge on any atom is 0.225 e. The van der Waals surface area contributed by atoms with Crippen LogP contribution in [-0.4, -0.2) is 56.9 Å². The maximum absolute atomic E-state index is 11.2. The molecule has 3 aromatic heterocycles. The van der Waals surface area contributed by atoms with E-state index in [1.807, 2.05) is 19.9 Å². The van der Waals surface area contributed by atoms with Gasteiger partial charge in [-0.3, -0.25) is 9.89 Å². The Labute approximate surface area is 169 Å². The Kier molecular flexibility index (Phi) is 5.27. The lowest BCUT2D eigenvalue weighted by Gasteiger charge is -2.31. The molecule has 0 saturated carbocycles. The molecule has 1 N–H and O–H groups in total. The van der Waals surface area contributed by atoms with Gasteiger partial charge in [0.05, 0.1) is 30.2 Å². The number of ether oxygens (including phenoxy) is 2. The van der Waals surface area contributed by atoms with Crippen LogP contribution in [0.25, 0.3) is 22.2 Å². The van der Waals surface area contributed by atoms with Crippen molar-refractivity contribution in [2.24, 2.45) is 0 Å². The third-order valence-electron chi connectivity index (χ3n) is 5.07. The summed E-state index contributed by atoms with van der Waals surface area (Å²) in [6.07, 6.45) is 4.54. The highest BCUT2D eigenvalue weighted by atomic mass is 16.5. The van der Waals surface area contributed by atoms with Gasteiger partial charge in [-0.15, -0.1) is 0 Å². The molecule has 154 valence electrons. The Balaban J connectivity index is 1.79. The van der Waals surface area contributed by atoms with E-state index in [0.29, 0.717) is 25.6 Å². The largest absolute Gasteiger partial charge is 0.474 e. The predicted octanol–water partition coefficient (Wildman–Crippen LogP) is 3.32. The van der Waals surface area contributed by atoms with E-state index >= 15 is 0 Å². The maximum atomic E-state index is 11.2. The second-order valence-corrected chi connectivity index (χ2v) is 7.89. The van der Waals surface area contributed by atoms with Crippen LogP contribution in [0.5, 0.6) is 5.88 Å². The molecule has 4 heterocycles. The zero-order chi connectivity index (χ0) is 20.5. The van der Waals surface area contributed by atoms with E-state index in [4.69, 9.17) is 9.47 Å². The van der Waals surface area contributed by atoms with Crippen LogP contribution in [0.3, 0.4) is 0 Å². The van der Waals surface area contributed by atoms with Crippen molar-refractivity contribution in [2.45, 2.75) is 45.9 Å². The Morgan fingerprint density at radius 2 is 2.17 bits per heavy atom. The molecule has 8 nitrogen and oxygen atoms in total. The number of hydrogen-bond acceptors (Lipinski definition) is 5. The molecule has 1 unspecified atom stereocenters. The third kappa shape index (κ3) is 3.72. The Morgan fingerprint density at radius 3 is 2.90 bits per heavy atom. The van der Waals surface area contributed by atoms with Crippen LogP contribution < -0.4 is 4.74 Å². The van der Waals surface area contributed by atoms with Gasteiger partial charge in [0.15, 0.2) is 0 Å². The van der Waals surface area contributed by atoms with Gasteiger partial charge >= 0.3 is 0 Å². The summed E-state index contributed by atoms with van der Waals surface area (Å²) in [5, 5.41) is 8.51.